The first kappa shape index (κ1) is 23.0. The van der Waals surface area contributed by atoms with Crippen molar-refractivity contribution in [3.8, 4) is 11.5 Å². The molecule has 2 aromatic carbocycles. The first-order chi connectivity index (χ1) is 12.9. The summed E-state index contributed by atoms with van der Waals surface area (Å²) in [5.41, 5.74) is 1.37. The summed E-state index contributed by atoms with van der Waals surface area (Å²) in [7, 11) is 0. The molecule has 0 saturated carbocycles. The molecule has 0 aromatic heterocycles. The van der Waals surface area contributed by atoms with Gasteiger partial charge in [0.25, 0.3) is 0 Å². The average Bonchev–Trinajstić information content (AvgIpc) is 2.71. The molecule has 0 radical (unpaired) electrons. The summed E-state index contributed by atoms with van der Waals surface area (Å²) < 4.78 is 11.7. The van der Waals surface area contributed by atoms with E-state index in [2.05, 4.69) is 34.5 Å². The van der Waals surface area contributed by atoms with Gasteiger partial charge in [-0.3, -0.25) is 4.90 Å². The van der Waals surface area contributed by atoms with Crippen LogP contribution in [0, 0.1) is 5.92 Å². The van der Waals surface area contributed by atoms with E-state index in [4.69, 9.17) is 9.47 Å². The number of ether oxygens (including phenoxy) is 2. The number of nitrogens with zero attached hydrogens (tertiary/aromatic N) is 1. The minimum atomic E-state index is 0. The molecule has 4 rings (SSSR count). The van der Waals surface area contributed by atoms with Crippen molar-refractivity contribution in [2.45, 2.75) is 18.9 Å². The average molecular weight is 425 g/mol. The molecule has 2 aliphatic heterocycles. The van der Waals surface area contributed by atoms with Gasteiger partial charge in [0.1, 0.15) is 11.5 Å². The fraction of sp³-hybridized carbons (Fsp3) is 0.455. The summed E-state index contributed by atoms with van der Waals surface area (Å²) in [6, 6.07) is 19.1. The van der Waals surface area contributed by atoms with Crippen LogP contribution in [0.4, 0.5) is 0 Å². The maximum absolute atomic E-state index is 6.09. The van der Waals surface area contributed by atoms with Crippen LogP contribution in [0.5, 0.6) is 11.5 Å². The normalized spacial score (nSPS) is 19.1. The van der Waals surface area contributed by atoms with Gasteiger partial charge in [-0.05, 0) is 48.6 Å². The molecule has 2 fully saturated rings. The van der Waals surface area contributed by atoms with Crippen LogP contribution in [0.2, 0.25) is 0 Å². The van der Waals surface area contributed by atoms with E-state index in [1.54, 1.807) is 0 Å². The maximum atomic E-state index is 6.09. The Morgan fingerprint density at radius 2 is 1.57 bits per heavy atom. The molecule has 2 aliphatic rings. The molecule has 2 heterocycles. The number of benzene rings is 2. The third-order valence-corrected chi connectivity index (χ3v) is 5.44. The van der Waals surface area contributed by atoms with Gasteiger partial charge in [0.05, 0.1) is 0 Å². The second-order valence-electron chi connectivity index (χ2n) is 7.17. The summed E-state index contributed by atoms with van der Waals surface area (Å²) in [6.07, 6.45) is 2.27. The SMILES string of the molecule is Cl.Cl.c1ccc(Oc2cccc([C@H](C3CCOCC3)N3CCNCC3)c2)cc1. The molecule has 28 heavy (non-hydrogen) atoms. The van der Waals surface area contributed by atoms with Crippen LogP contribution in [-0.4, -0.2) is 44.3 Å². The van der Waals surface area contributed by atoms with Gasteiger partial charge in [-0.1, -0.05) is 30.3 Å². The Bertz CT molecular complexity index is 672. The Morgan fingerprint density at radius 1 is 0.893 bits per heavy atom. The second kappa shape index (κ2) is 11.6. The second-order valence-corrected chi connectivity index (χ2v) is 7.17. The van der Waals surface area contributed by atoms with Crippen molar-refractivity contribution in [2.24, 2.45) is 5.92 Å². The molecule has 2 saturated heterocycles. The van der Waals surface area contributed by atoms with Crippen molar-refractivity contribution >= 4 is 24.8 Å². The first-order valence-corrected chi connectivity index (χ1v) is 9.75. The molecular weight excluding hydrogens is 395 g/mol. The molecule has 0 amide bonds. The highest BCUT2D eigenvalue weighted by Crippen LogP contribution is 2.37. The molecule has 6 heteroatoms. The lowest BCUT2D eigenvalue weighted by molar-refractivity contribution is 0.0213. The molecule has 0 bridgehead atoms. The van der Waals surface area contributed by atoms with Crippen LogP contribution in [0.3, 0.4) is 0 Å². The van der Waals surface area contributed by atoms with E-state index in [-0.39, 0.29) is 24.8 Å². The van der Waals surface area contributed by atoms with E-state index in [1.807, 2.05) is 30.3 Å². The number of halogens is 2. The lowest BCUT2D eigenvalue weighted by Crippen LogP contribution is -2.47. The van der Waals surface area contributed by atoms with Crippen LogP contribution in [-0.2, 0) is 4.74 Å². The summed E-state index contributed by atoms with van der Waals surface area (Å²) in [4.78, 5) is 2.65. The van der Waals surface area contributed by atoms with Crippen molar-refractivity contribution in [3.63, 3.8) is 0 Å². The fourth-order valence-corrected chi connectivity index (χ4v) is 4.16. The summed E-state index contributed by atoms with van der Waals surface area (Å²) >= 11 is 0. The Labute approximate surface area is 180 Å². The third kappa shape index (κ3) is 5.85. The van der Waals surface area contributed by atoms with Gasteiger partial charge in [-0.2, -0.15) is 0 Å². The van der Waals surface area contributed by atoms with E-state index in [9.17, 15) is 0 Å². The van der Waals surface area contributed by atoms with Gasteiger partial charge in [-0.15, -0.1) is 24.8 Å². The van der Waals surface area contributed by atoms with Gasteiger partial charge in [-0.25, -0.2) is 0 Å². The fourth-order valence-electron chi connectivity index (χ4n) is 4.16. The van der Waals surface area contributed by atoms with Crippen LogP contribution in [0.25, 0.3) is 0 Å². The van der Waals surface area contributed by atoms with Crippen LogP contribution >= 0.6 is 24.8 Å². The number of nitrogens with one attached hydrogen (secondary N) is 1. The molecule has 0 aliphatic carbocycles. The van der Waals surface area contributed by atoms with Gasteiger partial charge in [0, 0.05) is 45.4 Å². The van der Waals surface area contributed by atoms with Crippen molar-refractivity contribution in [3.05, 3.63) is 60.2 Å². The largest absolute Gasteiger partial charge is 0.457 e. The van der Waals surface area contributed by atoms with Gasteiger partial charge in [0.2, 0.25) is 0 Å². The van der Waals surface area contributed by atoms with Crippen molar-refractivity contribution < 1.29 is 9.47 Å². The number of hydrogen-bond donors (Lipinski definition) is 1. The summed E-state index contributed by atoms with van der Waals surface area (Å²) in [6.45, 7) is 6.11. The minimum absolute atomic E-state index is 0. The molecule has 4 nitrogen and oxygen atoms in total. The van der Waals surface area contributed by atoms with Gasteiger partial charge >= 0.3 is 0 Å². The zero-order valence-electron chi connectivity index (χ0n) is 16.1. The predicted molar refractivity (Wildman–Crippen MR) is 118 cm³/mol. The molecular formula is C22H30Cl2N2O2. The maximum Gasteiger partial charge on any atom is 0.127 e. The lowest BCUT2D eigenvalue weighted by Gasteiger charge is -2.41. The summed E-state index contributed by atoms with van der Waals surface area (Å²) in [5.74, 6) is 2.45. The smallest absolute Gasteiger partial charge is 0.127 e. The van der Waals surface area contributed by atoms with Crippen molar-refractivity contribution in [1.82, 2.24) is 10.2 Å². The van der Waals surface area contributed by atoms with E-state index in [0.29, 0.717) is 12.0 Å². The lowest BCUT2D eigenvalue weighted by atomic mass is 9.85. The van der Waals surface area contributed by atoms with Crippen LogP contribution in [0.15, 0.2) is 54.6 Å². The summed E-state index contributed by atoms with van der Waals surface area (Å²) in [5, 5.41) is 3.48. The van der Waals surface area contributed by atoms with Gasteiger partial charge in [0.15, 0.2) is 0 Å². The Kier molecular flexibility index (Phi) is 9.56. The van der Waals surface area contributed by atoms with E-state index in [0.717, 1.165) is 63.7 Å². The Morgan fingerprint density at radius 3 is 2.29 bits per heavy atom. The molecule has 1 atom stereocenters. The minimum Gasteiger partial charge on any atom is -0.457 e. The van der Waals surface area contributed by atoms with E-state index >= 15 is 0 Å². The highest BCUT2D eigenvalue weighted by Gasteiger charge is 2.31. The third-order valence-electron chi connectivity index (χ3n) is 5.44. The highest BCUT2D eigenvalue weighted by molar-refractivity contribution is 5.85. The zero-order chi connectivity index (χ0) is 17.6. The molecule has 154 valence electrons. The molecule has 0 unspecified atom stereocenters. The quantitative estimate of drug-likeness (QED) is 0.754. The molecule has 2 aromatic rings. The monoisotopic (exact) mass is 424 g/mol. The number of piperazine rings is 1. The first-order valence-electron chi connectivity index (χ1n) is 9.75. The standard InChI is InChI=1S/C22H28N2O2.2ClH/c1-2-6-20(7-3-1)26-21-8-4-5-19(17-21)22(18-9-15-25-16-10-18)24-13-11-23-12-14-24;;/h1-8,17-18,22-23H,9-16H2;2*1H/t22-;;/m0../s1. The number of hydrogen-bond acceptors (Lipinski definition) is 4. The molecule has 1 N–H and O–H groups in total. The van der Waals surface area contributed by atoms with E-state index < -0.39 is 0 Å². The van der Waals surface area contributed by atoms with E-state index in [1.165, 1.54) is 5.56 Å². The van der Waals surface area contributed by atoms with Gasteiger partial charge < -0.3 is 14.8 Å². The topological polar surface area (TPSA) is 33.7 Å². The number of para-hydroxylation sites is 1. The Hall–Kier alpha value is -1.30. The van der Waals surface area contributed by atoms with Crippen molar-refractivity contribution in [2.75, 3.05) is 39.4 Å². The predicted octanol–water partition coefficient (Wildman–Crippen LogP) is 4.70. The number of rotatable bonds is 5. The zero-order valence-corrected chi connectivity index (χ0v) is 17.7. The van der Waals surface area contributed by atoms with Crippen LogP contribution in [0.1, 0.15) is 24.4 Å². The highest BCUT2D eigenvalue weighted by atomic mass is 35.5. The van der Waals surface area contributed by atoms with Crippen molar-refractivity contribution in [1.29, 1.82) is 0 Å². The van der Waals surface area contributed by atoms with Crippen LogP contribution < -0.4 is 10.1 Å². The molecule has 0 spiro atoms. The Balaban J connectivity index is 0.00000140.